The van der Waals surface area contributed by atoms with Gasteiger partial charge >= 0.3 is 5.97 Å². The van der Waals surface area contributed by atoms with Gasteiger partial charge in [0.05, 0.1) is 17.1 Å². The minimum absolute atomic E-state index is 0.0682. The summed E-state index contributed by atoms with van der Waals surface area (Å²) in [6.07, 6.45) is 2.28. The monoisotopic (exact) mass is 377 g/mol. The van der Waals surface area contributed by atoms with Crippen molar-refractivity contribution in [2.45, 2.75) is 31.1 Å². The number of phenolic OH excluding ortho intramolecular Hbond substituents is 1. The first-order valence-corrected chi connectivity index (χ1v) is 9.95. The molecule has 6 nitrogen and oxygen atoms in total. The topological polar surface area (TPSA) is 92.7 Å². The van der Waals surface area contributed by atoms with Crippen LogP contribution in [0.1, 0.15) is 35.7 Å². The van der Waals surface area contributed by atoms with Crippen LogP contribution in [0.25, 0.3) is 0 Å². The van der Waals surface area contributed by atoms with Crippen LogP contribution in [0, 0.1) is 0 Å². The minimum Gasteiger partial charge on any atom is -0.508 e. The first kappa shape index (κ1) is 19.9. The number of rotatable bonds is 9. The van der Waals surface area contributed by atoms with Crippen molar-refractivity contribution in [3.8, 4) is 5.75 Å². The van der Waals surface area contributed by atoms with E-state index < -0.39 is 16.0 Å². The van der Waals surface area contributed by atoms with Gasteiger partial charge in [0.2, 0.25) is 10.0 Å². The molecule has 0 aliphatic carbocycles. The van der Waals surface area contributed by atoms with Crippen molar-refractivity contribution in [2.24, 2.45) is 0 Å². The van der Waals surface area contributed by atoms with Crippen LogP contribution in [0.15, 0.2) is 53.4 Å². The molecule has 0 fully saturated rings. The zero-order chi connectivity index (χ0) is 19.0. The number of aryl methyl sites for hydroxylation is 1. The molecule has 0 aliphatic heterocycles. The third-order valence-corrected chi connectivity index (χ3v) is 5.20. The second kappa shape index (κ2) is 9.35. The normalized spacial score (nSPS) is 11.3. The van der Waals surface area contributed by atoms with Crippen LogP contribution in [-0.2, 0) is 21.2 Å². The zero-order valence-corrected chi connectivity index (χ0v) is 15.5. The molecule has 0 amide bonds. The summed E-state index contributed by atoms with van der Waals surface area (Å²) in [6.45, 7) is 2.33. The number of benzene rings is 2. The van der Waals surface area contributed by atoms with E-state index in [1.54, 1.807) is 12.1 Å². The second-order valence-electron chi connectivity index (χ2n) is 5.83. The van der Waals surface area contributed by atoms with Crippen molar-refractivity contribution in [1.82, 2.24) is 4.72 Å². The van der Waals surface area contributed by atoms with Crippen LogP contribution in [0.3, 0.4) is 0 Å². The van der Waals surface area contributed by atoms with Crippen molar-refractivity contribution in [1.29, 1.82) is 0 Å². The summed E-state index contributed by atoms with van der Waals surface area (Å²) in [7, 11) is -3.57. The average molecular weight is 377 g/mol. The highest BCUT2D eigenvalue weighted by Gasteiger charge is 2.13. The second-order valence-corrected chi connectivity index (χ2v) is 7.60. The number of ether oxygens (including phenoxy) is 1. The standard InChI is InChI=1S/C19H23NO5S/c1-2-4-15-5-11-18(12-6-15)26(23,24)20-13-3-14-25-19(22)16-7-9-17(21)10-8-16/h5-12,20-21H,2-4,13-14H2,1H3. The summed E-state index contributed by atoms with van der Waals surface area (Å²) < 4.78 is 32.0. The van der Waals surface area contributed by atoms with Gasteiger partial charge in [0.15, 0.2) is 0 Å². The zero-order valence-electron chi connectivity index (χ0n) is 14.6. The summed E-state index contributed by atoms with van der Waals surface area (Å²) in [5.74, 6) is -0.446. The first-order valence-electron chi connectivity index (χ1n) is 8.47. The molecule has 0 aromatic heterocycles. The third kappa shape index (κ3) is 5.86. The van der Waals surface area contributed by atoms with Gasteiger partial charge in [-0.3, -0.25) is 0 Å². The van der Waals surface area contributed by atoms with E-state index in [4.69, 9.17) is 4.74 Å². The van der Waals surface area contributed by atoms with Gasteiger partial charge in [-0.15, -0.1) is 0 Å². The molecule has 2 aromatic rings. The first-order chi connectivity index (χ1) is 12.4. The van der Waals surface area contributed by atoms with Crippen LogP contribution in [-0.4, -0.2) is 32.6 Å². The summed E-state index contributed by atoms with van der Waals surface area (Å²) in [5.41, 5.74) is 1.43. The molecule has 0 heterocycles. The Morgan fingerprint density at radius 3 is 2.35 bits per heavy atom. The van der Waals surface area contributed by atoms with E-state index in [0.717, 1.165) is 18.4 Å². The highest BCUT2D eigenvalue weighted by Crippen LogP contribution is 2.12. The van der Waals surface area contributed by atoms with Gasteiger partial charge in [-0.2, -0.15) is 0 Å². The number of hydrogen-bond donors (Lipinski definition) is 2. The van der Waals surface area contributed by atoms with Gasteiger partial charge in [-0.1, -0.05) is 25.5 Å². The molecule has 0 aliphatic rings. The summed E-state index contributed by atoms with van der Waals surface area (Å²) in [6, 6.07) is 12.5. The van der Waals surface area contributed by atoms with Gasteiger partial charge in [-0.05, 0) is 54.8 Å². The Morgan fingerprint density at radius 2 is 1.73 bits per heavy atom. The van der Waals surface area contributed by atoms with E-state index in [1.807, 2.05) is 12.1 Å². The number of sulfonamides is 1. The van der Waals surface area contributed by atoms with E-state index in [9.17, 15) is 18.3 Å². The minimum atomic E-state index is -3.57. The maximum Gasteiger partial charge on any atom is 0.338 e. The fourth-order valence-corrected chi connectivity index (χ4v) is 3.41. The maximum atomic E-state index is 12.2. The highest BCUT2D eigenvalue weighted by atomic mass is 32.2. The lowest BCUT2D eigenvalue weighted by Crippen LogP contribution is -2.25. The number of aromatic hydroxyl groups is 1. The molecule has 0 spiro atoms. The molecule has 2 rings (SSSR count). The summed E-state index contributed by atoms with van der Waals surface area (Å²) in [5, 5.41) is 9.18. The number of carbonyl (C=O) groups is 1. The number of esters is 1. The molecule has 0 unspecified atom stereocenters. The Hall–Kier alpha value is -2.38. The smallest absolute Gasteiger partial charge is 0.338 e. The van der Waals surface area contributed by atoms with Crippen LogP contribution in [0.2, 0.25) is 0 Å². The molecule has 0 saturated heterocycles. The molecule has 140 valence electrons. The van der Waals surface area contributed by atoms with Crippen molar-refractivity contribution in [3.05, 3.63) is 59.7 Å². The summed E-state index contributed by atoms with van der Waals surface area (Å²) >= 11 is 0. The summed E-state index contributed by atoms with van der Waals surface area (Å²) in [4.78, 5) is 12.0. The molecule has 7 heteroatoms. The van der Waals surface area contributed by atoms with Crippen molar-refractivity contribution in [3.63, 3.8) is 0 Å². The van der Waals surface area contributed by atoms with E-state index in [2.05, 4.69) is 11.6 Å². The lowest BCUT2D eigenvalue weighted by atomic mass is 10.1. The van der Waals surface area contributed by atoms with Gasteiger partial charge in [-0.25, -0.2) is 17.9 Å². The van der Waals surface area contributed by atoms with Crippen LogP contribution in [0.4, 0.5) is 0 Å². The lowest BCUT2D eigenvalue weighted by molar-refractivity contribution is 0.0502. The van der Waals surface area contributed by atoms with Gasteiger partial charge in [0, 0.05) is 6.54 Å². The molecule has 26 heavy (non-hydrogen) atoms. The molecule has 0 radical (unpaired) electrons. The Balaban J connectivity index is 1.76. The van der Waals surface area contributed by atoms with Crippen molar-refractivity contribution >= 4 is 16.0 Å². The average Bonchev–Trinajstić information content (AvgIpc) is 2.62. The van der Waals surface area contributed by atoms with Gasteiger partial charge in [0.25, 0.3) is 0 Å². The van der Waals surface area contributed by atoms with Gasteiger partial charge in [0.1, 0.15) is 5.75 Å². The van der Waals surface area contributed by atoms with E-state index in [0.29, 0.717) is 12.0 Å². The van der Waals surface area contributed by atoms with E-state index in [-0.39, 0.29) is 23.8 Å². The van der Waals surface area contributed by atoms with Crippen LogP contribution >= 0.6 is 0 Å². The maximum absolute atomic E-state index is 12.2. The molecule has 2 N–H and O–H groups in total. The van der Waals surface area contributed by atoms with Crippen LogP contribution < -0.4 is 4.72 Å². The molecule has 0 saturated carbocycles. The predicted molar refractivity (Wildman–Crippen MR) is 98.6 cm³/mol. The largest absolute Gasteiger partial charge is 0.508 e. The fourth-order valence-electron chi connectivity index (χ4n) is 2.33. The molecular formula is C19H23NO5S. The van der Waals surface area contributed by atoms with Crippen molar-refractivity contribution in [2.75, 3.05) is 13.2 Å². The lowest BCUT2D eigenvalue weighted by Gasteiger charge is -2.08. The molecule has 0 atom stereocenters. The number of carbonyl (C=O) groups excluding carboxylic acids is 1. The number of hydrogen-bond acceptors (Lipinski definition) is 5. The Morgan fingerprint density at radius 1 is 1.08 bits per heavy atom. The van der Waals surface area contributed by atoms with E-state index >= 15 is 0 Å². The molecular weight excluding hydrogens is 354 g/mol. The van der Waals surface area contributed by atoms with Crippen LogP contribution in [0.5, 0.6) is 5.75 Å². The fraction of sp³-hybridized carbons (Fsp3) is 0.316. The predicted octanol–water partition coefficient (Wildman–Crippen LogP) is 2.87. The van der Waals surface area contributed by atoms with Crippen molar-refractivity contribution < 1.29 is 23.1 Å². The Labute approximate surface area is 153 Å². The van der Waals surface area contributed by atoms with Gasteiger partial charge < -0.3 is 9.84 Å². The molecule has 0 bridgehead atoms. The highest BCUT2D eigenvalue weighted by molar-refractivity contribution is 7.89. The Kier molecular flexibility index (Phi) is 7.17. The number of phenols is 1. The molecule has 2 aromatic carbocycles. The van der Waals surface area contributed by atoms with E-state index in [1.165, 1.54) is 24.3 Å². The Bertz CT molecular complexity index is 814. The third-order valence-electron chi connectivity index (χ3n) is 3.72. The number of nitrogens with one attached hydrogen (secondary N) is 1. The SMILES string of the molecule is CCCc1ccc(S(=O)(=O)NCCCOC(=O)c2ccc(O)cc2)cc1. The quantitative estimate of drug-likeness (QED) is 0.518.